The van der Waals surface area contributed by atoms with Crippen molar-refractivity contribution in [3.05, 3.63) is 57.2 Å². The van der Waals surface area contributed by atoms with Crippen LogP contribution in [-0.4, -0.2) is 9.91 Å². The first-order valence-corrected chi connectivity index (χ1v) is 5.12. The third-order valence-electron chi connectivity index (χ3n) is 2.21. The minimum Gasteiger partial charge on any atom is -0.258 e. The molecule has 0 aliphatic carbocycles. The van der Waals surface area contributed by atoms with Crippen molar-refractivity contribution in [2.24, 2.45) is 0 Å². The van der Waals surface area contributed by atoms with Crippen LogP contribution in [0.25, 0.3) is 11.3 Å². The zero-order chi connectivity index (χ0) is 13.3. The summed E-state index contributed by atoms with van der Waals surface area (Å²) in [6.07, 6.45) is 0. The van der Waals surface area contributed by atoms with Crippen molar-refractivity contribution in [2.75, 3.05) is 0 Å². The number of rotatable bonds is 2. The lowest BCUT2D eigenvalue weighted by atomic mass is 10.1. The Hall–Kier alpha value is -2.08. The summed E-state index contributed by atoms with van der Waals surface area (Å²) in [7, 11) is 0. The van der Waals surface area contributed by atoms with Gasteiger partial charge in [-0.3, -0.25) is 10.1 Å². The van der Waals surface area contributed by atoms with Gasteiger partial charge in [-0.25, -0.2) is 13.8 Å². The maximum absolute atomic E-state index is 13.1. The molecule has 4 nitrogen and oxygen atoms in total. The van der Waals surface area contributed by atoms with Crippen molar-refractivity contribution >= 4 is 17.3 Å². The Labute approximate surface area is 105 Å². The Morgan fingerprint density at radius 3 is 2.50 bits per heavy atom. The van der Waals surface area contributed by atoms with Crippen molar-refractivity contribution in [3.8, 4) is 11.3 Å². The van der Waals surface area contributed by atoms with Crippen LogP contribution in [0.3, 0.4) is 0 Å². The first-order chi connectivity index (χ1) is 8.47. The van der Waals surface area contributed by atoms with E-state index < -0.39 is 16.6 Å². The van der Waals surface area contributed by atoms with Crippen molar-refractivity contribution in [1.29, 1.82) is 0 Å². The number of pyridine rings is 1. The molecule has 0 radical (unpaired) electrons. The average molecular weight is 271 g/mol. The standard InChI is InChI=1S/C11H5ClF2N2O2/c12-11-5-7(16(17)18)4-10(15-11)6-1-2-8(13)9(14)3-6/h1-5H. The highest BCUT2D eigenvalue weighted by molar-refractivity contribution is 6.29. The molecule has 2 rings (SSSR count). The summed E-state index contributed by atoms with van der Waals surface area (Å²) in [6, 6.07) is 5.29. The number of nitrogens with zero attached hydrogens (tertiary/aromatic N) is 2. The fourth-order valence-electron chi connectivity index (χ4n) is 1.39. The zero-order valence-electron chi connectivity index (χ0n) is 8.73. The Balaban J connectivity index is 2.56. The molecule has 92 valence electrons. The molecule has 0 saturated carbocycles. The number of hydrogen-bond acceptors (Lipinski definition) is 3. The van der Waals surface area contributed by atoms with Gasteiger partial charge in [-0.05, 0) is 18.2 Å². The summed E-state index contributed by atoms with van der Waals surface area (Å²) in [5.74, 6) is -2.06. The van der Waals surface area contributed by atoms with Gasteiger partial charge in [-0.2, -0.15) is 0 Å². The van der Waals surface area contributed by atoms with E-state index in [0.29, 0.717) is 0 Å². The van der Waals surface area contributed by atoms with Crippen LogP contribution in [0.4, 0.5) is 14.5 Å². The lowest BCUT2D eigenvalue weighted by Gasteiger charge is -2.02. The minimum atomic E-state index is -1.06. The fourth-order valence-corrected chi connectivity index (χ4v) is 1.59. The normalized spacial score (nSPS) is 10.4. The second-order valence-electron chi connectivity index (χ2n) is 3.42. The summed E-state index contributed by atoms with van der Waals surface area (Å²) in [5.41, 5.74) is 0.0438. The van der Waals surface area contributed by atoms with E-state index in [1.807, 2.05) is 0 Å². The highest BCUT2D eigenvalue weighted by Gasteiger charge is 2.13. The monoisotopic (exact) mass is 270 g/mol. The molecule has 1 aromatic heterocycles. The van der Waals surface area contributed by atoms with Crippen LogP contribution < -0.4 is 0 Å². The molecular formula is C11H5ClF2N2O2. The third-order valence-corrected chi connectivity index (χ3v) is 2.40. The van der Waals surface area contributed by atoms with E-state index in [2.05, 4.69) is 4.98 Å². The first-order valence-electron chi connectivity index (χ1n) is 4.75. The lowest BCUT2D eigenvalue weighted by molar-refractivity contribution is -0.384. The molecule has 0 bridgehead atoms. The topological polar surface area (TPSA) is 56.0 Å². The Bertz CT molecular complexity index is 634. The second kappa shape index (κ2) is 4.66. The number of benzene rings is 1. The molecule has 0 spiro atoms. The van der Waals surface area contributed by atoms with Gasteiger partial charge in [0.15, 0.2) is 11.6 Å². The summed E-state index contributed by atoms with van der Waals surface area (Å²) >= 11 is 5.63. The second-order valence-corrected chi connectivity index (χ2v) is 3.81. The largest absolute Gasteiger partial charge is 0.274 e. The molecule has 2 aromatic rings. The van der Waals surface area contributed by atoms with E-state index in [4.69, 9.17) is 11.6 Å². The Morgan fingerprint density at radius 2 is 1.89 bits per heavy atom. The highest BCUT2D eigenvalue weighted by atomic mass is 35.5. The molecule has 1 heterocycles. The van der Waals surface area contributed by atoms with Crippen molar-refractivity contribution in [1.82, 2.24) is 4.98 Å². The van der Waals surface area contributed by atoms with Crippen LogP contribution in [0.15, 0.2) is 30.3 Å². The van der Waals surface area contributed by atoms with Crippen molar-refractivity contribution in [2.45, 2.75) is 0 Å². The summed E-state index contributed by atoms with van der Waals surface area (Å²) in [6.45, 7) is 0. The molecule has 7 heteroatoms. The third kappa shape index (κ3) is 2.43. The molecule has 18 heavy (non-hydrogen) atoms. The van der Waals surface area contributed by atoms with Crippen LogP contribution in [0.1, 0.15) is 0 Å². The molecule has 0 fully saturated rings. The van der Waals surface area contributed by atoms with Crippen LogP contribution in [0.5, 0.6) is 0 Å². The van der Waals surface area contributed by atoms with Gasteiger partial charge in [-0.1, -0.05) is 11.6 Å². The van der Waals surface area contributed by atoms with Crippen LogP contribution in [0, 0.1) is 21.7 Å². The van der Waals surface area contributed by atoms with Gasteiger partial charge >= 0.3 is 0 Å². The maximum Gasteiger partial charge on any atom is 0.274 e. The summed E-state index contributed by atoms with van der Waals surface area (Å²) in [4.78, 5) is 13.8. The minimum absolute atomic E-state index is 0.0936. The molecule has 0 N–H and O–H groups in total. The van der Waals surface area contributed by atoms with Crippen LogP contribution in [-0.2, 0) is 0 Å². The van der Waals surface area contributed by atoms with Gasteiger partial charge in [-0.15, -0.1) is 0 Å². The van der Waals surface area contributed by atoms with Crippen molar-refractivity contribution < 1.29 is 13.7 Å². The Morgan fingerprint density at radius 1 is 1.17 bits per heavy atom. The van der Waals surface area contributed by atoms with Crippen LogP contribution >= 0.6 is 11.6 Å². The quantitative estimate of drug-likeness (QED) is 0.476. The lowest BCUT2D eigenvalue weighted by Crippen LogP contribution is -1.93. The predicted molar refractivity (Wildman–Crippen MR) is 61.3 cm³/mol. The molecule has 0 atom stereocenters. The molecule has 1 aromatic carbocycles. The molecule has 0 aliphatic heterocycles. The van der Waals surface area contributed by atoms with E-state index >= 15 is 0 Å². The number of hydrogen-bond donors (Lipinski definition) is 0. The molecule has 0 saturated heterocycles. The summed E-state index contributed by atoms with van der Waals surface area (Å²) < 4.78 is 25.8. The number of halogens is 3. The van der Waals surface area contributed by atoms with E-state index in [0.717, 1.165) is 24.3 Å². The van der Waals surface area contributed by atoms with Crippen molar-refractivity contribution in [3.63, 3.8) is 0 Å². The average Bonchev–Trinajstić information content (AvgIpc) is 2.31. The summed E-state index contributed by atoms with van der Waals surface area (Å²) in [5, 5.41) is 10.5. The fraction of sp³-hybridized carbons (Fsp3) is 0. The van der Waals surface area contributed by atoms with E-state index in [-0.39, 0.29) is 22.1 Å². The first kappa shape index (κ1) is 12.4. The smallest absolute Gasteiger partial charge is 0.258 e. The number of aromatic nitrogens is 1. The van der Waals surface area contributed by atoms with Gasteiger partial charge in [0.25, 0.3) is 5.69 Å². The van der Waals surface area contributed by atoms with E-state index in [9.17, 15) is 18.9 Å². The maximum atomic E-state index is 13.1. The molecule has 0 amide bonds. The molecular weight excluding hydrogens is 266 g/mol. The molecule has 0 unspecified atom stereocenters. The van der Waals surface area contributed by atoms with Gasteiger partial charge in [0.2, 0.25) is 0 Å². The predicted octanol–water partition coefficient (Wildman–Crippen LogP) is 3.59. The number of nitro groups is 1. The Kier molecular flexibility index (Phi) is 3.20. The van der Waals surface area contributed by atoms with E-state index in [1.54, 1.807) is 0 Å². The van der Waals surface area contributed by atoms with Gasteiger partial charge in [0.05, 0.1) is 16.7 Å². The van der Waals surface area contributed by atoms with Crippen LogP contribution in [0.2, 0.25) is 5.15 Å². The zero-order valence-corrected chi connectivity index (χ0v) is 9.49. The van der Waals surface area contributed by atoms with E-state index in [1.165, 1.54) is 6.07 Å². The highest BCUT2D eigenvalue weighted by Crippen LogP contribution is 2.26. The van der Waals surface area contributed by atoms with Gasteiger partial charge < -0.3 is 0 Å². The van der Waals surface area contributed by atoms with Gasteiger partial charge in [0.1, 0.15) is 5.15 Å². The molecule has 0 aliphatic rings. The SMILES string of the molecule is O=[N+]([O-])c1cc(Cl)nc(-c2ccc(F)c(F)c2)c1. The van der Waals surface area contributed by atoms with Gasteiger partial charge in [0, 0.05) is 11.6 Å².